The second kappa shape index (κ2) is 3.72. The molecule has 90 valence electrons. The summed E-state index contributed by atoms with van der Waals surface area (Å²) in [7, 11) is 0. The first-order valence-electron chi connectivity index (χ1n) is 6.18. The number of benzene rings is 1. The molecule has 1 N–H and O–H groups in total. The smallest absolute Gasteiger partial charge is 0.269 e. The van der Waals surface area contributed by atoms with Crippen LogP contribution in [-0.4, -0.2) is 11.5 Å². The van der Waals surface area contributed by atoms with Gasteiger partial charge in [0.05, 0.1) is 4.92 Å². The molecule has 4 nitrogen and oxygen atoms in total. The summed E-state index contributed by atoms with van der Waals surface area (Å²) >= 11 is 0. The van der Waals surface area contributed by atoms with Crippen LogP contribution < -0.4 is 5.32 Å². The first-order valence-corrected chi connectivity index (χ1v) is 6.18. The highest BCUT2D eigenvalue weighted by atomic mass is 16.6. The maximum Gasteiger partial charge on any atom is 0.269 e. The standard InChI is InChI=1S/C13H16N2O2/c16-15(17)12-5-3-11(4-6-12)14-9-13(7-8-13)10-1-2-10/h3-6,10,14H,1-2,7-9H2. The summed E-state index contributed by atoms with van der Waals surface area (Å²) in [5, 5.41) is 13.9. The molecule has 0 amide bonds. The number of rotatable bonds is 5. The molecule has 0 saturated heterocycles. The predicted molar refractivity (Wildman–Crippen MR) is 66.0 cm³/mol. The van der Waals surface area contributed by atoms with Crippen molar-refractivity contribution in [3.05, 3.63) is 34.4 Å². The largest absolute Gasteiger partial charge is 0.384 e. The van der Waals surface area contributed by atoms with Crippen LogP contribution in [0.3, 0.4) is 0 Å². The average molecular weight is 232 g/mol. The molecule has 0 spiro atoms. The first-order chi connectivity index (χ1) is 8.20. The van der Waals surface area contributed by atoms with Crippen LogP contribution >= 0.6 is 0 Å². The summed E-state index contributed by atoms with van der Waals surface area (Å²) in [6, 6.07) is 6.69. The molecule has 0 atom stereocenters. The molecule has 2 aliphatic rings. The fraction of sp³-hybridized carbons (Fsp3) is 0.538. The fourth-order valence-corrected chi connectivity index (χ4v) is 2.56. The van der Waals surface area contributed by atoms with Crippen LogP contribution in [0.2, 0.25) is 0 Å². The van der Waals surface area contributed by atoms with E-state index in [0.29, 0.717) is 5.41 Å². The van der Waals surface area contributed by atoms with Crippen molar-refractivity contribution in [2.45, 2.75) is 25.7 Å². The van der Waals surface area contributed by atoms with E-state index >= 15 is 0 Å². The first kappa shape index (κ1) is 10.6. The van der Waals surface area contributed by atoms with E-state index in [2.05, 4.69) is 5.32 Å². The number of hydrogen-bond acceptors (Lipinski definition) is 3. The highest BCUT2D eigenvalue weighted by Gasteiger charge is 2.53. The van der Waals surface area contributed by atoms with Gasteiger partial charge in [0.25, 0.3) is 5.69 Å². The van der Waals surface area contributed by atoms with Gasteiger partial charge in [-0.25, -0.2) is 0 Å². The minimum atomic E-state index is -0.365. The number of nitrogens with one attached hydrogen (secondary N) is 1. The maximum atomic E-state index is 10.5. The fourth-order valence-electron chi connectivity index (χ4n) is 2.56. The van der Waals surface area contributed by atoms with Crippen LogP contribution in [0.1, 0.15) is 25.7 Å². The molecular weight excluding hydrogens is 216 g/mol. The van der Waals surface area contributed by atoms with Crippen molar-refractivity contribution >= 4 is 11.4 Å². The topological polar surface area (TPSA) is 55.2 Å². The van der Waals surface area contributed by atoms with Gasteiger partial charge in [-0.3, -0.25) is 10.1 Å². The summed E-state index contributed by atoms with van der Waals surface area (Å²) in [5.41, 5.74) is 1.70. The van der Waals surface area contributed by atoms with Gasteiger partial charge in [0.15, 0.2) is 0 Å². The van der Waals surface area contributed by atoms with E-state index in [4.69, 9.17) is 0 Å². The Hall–Kier alpha value is -1.58. The molecule has 3 rings (SSSR count). The maximum absolute atomic E-state index is 10.5. The molecule has 0 aromatic heterocycles. The van der Waals surface area contributed by atoms with Gasteiger partial charge < -0.3 is 5.32 Å². The third kappa shape index (κ3) is 2.12. The Morgan fingerprint density at radius 3 is 2.41 bits per heavy atom. The molecule has 0 bridgehead atoms. The highest BCUT2D eigenvalue weighted by Crippen LogP contribution is 2.61. The Bertz CT molecular complexity index is 433. The van der Waals surface area contributed by atoms with Crippen LogP contribution in [0.4, 0.5) is 11.4 Å². The lowest BCUT2D eigenvalue weighted by Crippen LogP contribution is -2.17. The molecule has 1 aromatic rings. The Morgan fingerprint density at radius 2 is 1.94 bits per heavy atom. The Kier molecular flexibility index (Phi) is 2.31. The van der Waals surface area contributed by atoms with Gasteiger partial charge in [-0.2, -0.15) is 0 Å². The van der Waals surface area contributed by atoms with Crippen molar-refractivity contribution < 1.29 is 4.92 Å². The number of nitro benzene ring substituents is 1. The van der Waals surface area contributed by atoms with E-state index < -0.39 is 0 Å². The predicted octanol–water partition coefficient (Wildman–Crippen LogP) is 3.20. The highest BCUT2D eigenvalue weighted by molar-refractivity contribution is 5.48. The van der Waals surface area contributed by atoms with Crippen molar-refractivity contribution in [3.63, 3.8) is 0 Å². The van der Waals surface area contributed by atoms with E-state index in [1.807, 2.05) is 0 Å². The van der Waals surface area contributed by atoms with Gasteiger partial charge in [0.1, 0.15) is 0 Å². The molecule has 4 heteroatoms. The van der Waals surface area contributed by atoms with Gasteiger partial charge >= 0.3 is 0 Å². The van der Waals surface area contributed by atoms with E-state index in [1.54, 1.807) is 24.3 Å². The van der Waals surface area contributed by atoms with E-state index in [0.717, 1.165) is 18.2 Å². The van der Waals surface area contributed by atoms with E-state index in [-0.39, 0.29) is 10.6 Å². The molecule has 0 radical (unpaired) electrons. The Morgan fingerprint density at radius 1 is 1.29 bits per heavy atom. The molecule has 2 saturated carbocycles. The van der Waals surface area contributed by atoms with E-state index in [1.165, 1.54) is 25.7 Å². The summed E-state index contributed by atoms with van der Waals surface area (Å²) < 4.78 is 0. The van der Waals surface area contributed by atoms with Crippen LogP contribution in [0.5, 0.6) is 0 Å². The third-order valence-electron chi connectivity index (χ3n) is 4.06. The van der Waals surface area contributed by atoms with Gasteiger partial charge in [0.2, 0.25) is 0 Å². The van der Waals surface area contributed by atoms with Crippen molar-refractivity contribution in [2.75, 3.05) is 11.9 Å². The second-order valence-electron chi connectivity index (χ2n) is 5.29. The summed E-state index contributed by atoms with van der Waals surface area (Å²) in [4.78, 5) is 10.2. The van der Waals surface area contributed by atoms with Gasteiger partial charge in [-0.05, 0) is 49.1 Å². The normalized spacial score (nSPS) is 20.9. The number of non-ortho nitro benzene ring substituents is 1. The Labute approximate surface area is 100 Å². The number of hydrogen-bond donors (Lipinski definition) is 1. The Balaban J connectivity index is 1.59. The zero-order chi connectivity index (χ0) is 11.9. The lowest BCUT2D eigenvalue weighted by Gasteiger charge is -2.15. The lowest BCUT2D eigenvalue weighted by atomic mass is 10.0. The van der Waals surface area contributed by atoms with Gasteiger partial charge in [0, 0.05) is 24.4 Å². The zero-order valence-corrected chi connectivity index (χ0v) is 9.69. The van der Waals surface area contributed by atoms with Gasteiger partial charge in [-0.15, -0.1) is 0 Å². The zero-order valence-electron chi connectivity index (χ0n) is 9.69. The number of nitrogens with zero attached hydrogens (tertiary/aromatic N) is 1. The minimum Gasteiger partial charge on any atom is -0.384 e. The van der Waals surface area contributed by atoms with Crippen molar-refractivity contribution in [1.82, 2.24) is 0 Å². The molecule has 0 aliphatic heterocycles. The summed E-state index contributed by atoms with van der Waals surface area (Å²) in [6.45, 7) is 1.02. The van der Waals surface area contributed by atoms with Gasteiger partial charge in [-0.1, -0.05) is 0 Å². The van der Waals surface area contributed by atoms with Crippen LogP contribution in [0.15, 0.2) is 24.3 Å². The molecule has 2 aliphatic carbocycles. The molecule has 0 heterocycles. The van der Waals surface area contributed by atoms with Crippen molar-refractivity contribution in [2.24, 2.45) is 11.3 Å². The molecule has 2 fully saturated rings. The lowest BCUT2D eigenvalue weighted by molar-refractivity contribution is -0.384. The van der Waals surface area contributed by atoms with Crippen LogP contribution in [-0.2, 0) is 0 Å². The quantitative estimate of drug-likeness (QED) is 0.626. The third-order valence-corrected chi connectivity index (χ3v) is 4.06. The summed E-state index contributed by atoms with van der Waals surface area (Å²) in [5.74, 6) is 0.938. The molecule has 17 heavy (non-hydrogen) atoms. The molecular formula is C13H16N2O2. The van der Waals surface area contributed by atoms with Crippen molar-refractivity contribution in [3.8, 4) is 0 Å². The van der Waals surface area contributed by atoms with Crippen LogP contribution in [0, 0.1) is 21.4 Å². The molecule has 0 unspecified atom stereocenters. The monoisotopic (exact) mass is 232 g/mol. The van der Waals surface area contributed by atoms with Crippen LogP contribution in [0.25, 0.3) is 0 Å². The second-order valence-corrected chi connectivity index (χ2v) is 5.29. The SMILES string of the molecule is O=[N+]([O-])c1ccc(NCC2(C3CC3)CC2)cc1. The molecule has 1 aromatic carbocycles. The minimum absolute atomic E-state index is 0.152. The summed E-state index contributed by atoms with van der Waals surface area (Å²) in [6.07, 6.45) is 5.47. The number of anilines is 1. The van der Waals surface area contributed by atoms with E-state index in [9.17, 15) is 10.1 Å². The number of nitro groups is 1. The average Bonchev–Trinajstić information content (AvgIpc) is 3.17. The van der Waals surface area contributed by atoms with Crippen molar-refractivity contribution in [1.29, 1.82) is 0 Å².